The van der Waals surface area contributed by atoms with Crippen molar-refractivity contribution >= 4 is 11.7 Å². The Hall–Kier alpha value is -1.58. The van der Waals surface area contributed by atoms with Crippen molar-refractivity contribution < 1.29 is 6.22 Å². The fourth-order valence-corrected chi connectivity index (χ4v) is 1.21. The van der Waals surface area contributed by atoms with Gasteiger partial charge in [-0.1, -0.05) is 0 Å². The zero-order valence-electron chi connectivity index (χ0n) is 6.74. The van der Waals surface area contributed by atoms with Gasteiger partial charge in [-0.15, -0.1) is 0 Å². The van der Waals surface area contributed by atoms with E-state index in [1.165, 1.54) is 0 Å². The van der Waals surface area contributed by atoms with Gasteiger partial charge in [0.1, 0.15) is 0 Å². The summed E-state index contributed by atoms with van der Waals surface area (Å²) in [6, 6.07) is 1.74. The van der Waals surface area contributed by atoms with Crippen LogP contribution < -0.4 is 5.32 Å². The number of amides is 2. The molecule has 1 aliphatic rings. The number of hydrogen-bond acceptors (Lipinski definition) is 2. The largest absolute Gasteiger partial charge is 0.323 e. The number of fused-ring (bicyclic) bond motifs is 1. The van der Waals surface area contributed by atoms with Crippen LogP contribution in [0.15, 0.2) is 18.5 Å². The molecule has 0 saturated heterocycles. The van der Waals surface area contributed by atoms with Crippen molar-refractivity contribution in [2.45, 2.75) is 6.54 Å². The Kier molecular flexibility index (Phi) is 1.46. The lowest BCUT2D eigenvalue weighted by Gasteiger charge is -2.25. The molecule has 1 aliphatic heterocycles. The molecule has 0 saturated carbocycles. The minimum absolute atomic E-state index is 0. The van der Waals surface area contributed by atoms with Crippen LogP contribution in [-0.4, -0.2) is 23.0 Å². The molecule has 2 heterocycles. The molecule has 0 atom stereocenters. The quantitative estimate of drug-likeness (QED) is 0.629. The second kappa shape index (κ2) is 2.48. The van der Waals surface area contributed by atoms with Crippen LogP contribution in [0.2, 0.25) is 0 Å². The molecule has 12 heavy (non-hydrogen) atoms. The standard InChI is InChI=1S/C8H9N3O.H2/c1-11-5-6-4-9-3-2-7(6)10-8(11)12;/h2-4H,5H2,1H3,(H,10,12);1H. The Labute approximate surface area is 71.7 Å². The van der Waals surface area contributed by atoms with Crippen LogP contribution in [0.4, 0.5) is 10.5 Å². The fourth-order valence-electron chi connectivity index (χ4n) is 1.21. The topological polar surface area (TPSA) is 45.2 Å². The van der Waals surface area contributed by atoms with Crippen molar-refractivity contribution in [2.24, 2.45) is 0 Å². The van der Waals surface area contributed by atoms with Crippen molar-refractivity contribution in [3.63, 3.8) is 0 Å². The minimum Gasteiger partial charge on any atom is -0.323 e. The van der Waals surface area contributed by atoms with Gasteiger partial charge in [0.05, 0.1) is 12.2 Å². The number of carbonyl (C=O) groups excluding carboxylic acids is 1. The third kappa shape index (κ3) is 1.01. The van der Waals surface area contributed by atoms with Gasteiger partial charge in [-0.25, -0.2) is 4.79 Å². The highest BCUT2D eigenvalue weighted by Crippen LogP contribution is 2.19. The molecule has 0 aliphatic carbocycles. The third-order valence-corrected chi connectivity index (χ3v) is 1.90. The summed E-state index contributed by atoms with van der Waals surface area (Å²) in [6.07, 6.45) is 3.44. The number of rotatable bonds is 0. The molecule has 4 heteroatoms. The second-order valence-electron chi connectivity index (χ2n) is 2.82. The maximum Gasteiger partial charge on any atom is 0.321 e. The van der Waals surface area contributed by atoms with Gasteiger partial charge in [0.25, 0.3) is 0 Å². The molecular formula is C8H11N3O. The molecule has 0 spiro atoms. The van der Waals surface area contributed by atoms with Crippen molar-refractivity contribution in [1.29, 1.82) is 0 Å². The smallest absolute Gasteiger partial charge is 0.321 e. The van der Waals surface area contributed by atoms with E-state index < -0.39 is 0 Å². The number of urea groups is 1. The van der Waals surface area contributed by atoms with E-state index >= 15 is 0 Å². The van der Waals surface area contributed by atoms with Gasteiger partial charge in [0.15, 0.2) is 0 Å². The Morgan fingerprint density at radius 1 is 1.75 bits per heavy atom. The van der Waals surface area contributed by atoms with E-state index in [9.17, 15) is 4.79 Å². The van der Waals surface area contributed by atoms with Crippen LogP contribution in [-0.2, 0) is 6.54 Å². The number of nitrogens with one attached hydrogen (secondary N) is 1. The monoisotopic (exact) mass is 165 g/mol. The average Bonchev–Trinajstić information content (AvgIpc) is 2.07. The SMILES string of the molecule is CN1Cc2cnccc2NC1=O.[HH]. The van der Waals surface area contributed by atoms with Crippen molar-refractivity contribution in [3.05, 3.63) is 24.0 Å². The van der Waals surface area contributed by atoms with Gasteiger partial charge >= 0.3 is 6.03 Å². The number of pyridine rings is 1. The van der Waals surface area contributed by atoms with Crippen LogP contribution in [0, 0.1) is 0 Å². The van der Waals surface area contributed by atoms with Gasteiger partial charge in [-0.3, -0.25) is 4.98 Å². The van der Waals surface area contributed by atoms with Gasteiger partial charge < -0.3 is 10.2 Å². The lowest BCUT2D eigenvalue weighted by atomic mass is 10.2. The third-order valence-electron chi connectivity index (χ3n) is 1.90. The number of aromatic nitrogens is 1. The molecule has 1 aromatic rings. The summed E-state index contributed by atoms with van der Waals surface area (Å²) < 4.78 is 0. The van der Waals surface area contributed by atoms with Gasteiger partial charge in [0, 0.05) is 26.4 Å². The summed E-state index contributed by atoms with van der Waals surface area (Å²) in [7, 11) is 1.76. The van der Waals surface area contributed by atoms with Gasteiger partial charge in [-0.05, 0) is 6.07 Å². The molecule has 2 rings (SSSR count). The van der Waals surface area contributed by atoms with Crippen LogP contribution in [0.1, 0.15) is 6.99 Å². The van der Waals surface area contributed by atoms with Crippen LogP contribution in [0.3, 0.4) is 0 Å². The lowest BCUT2D eigenvalue weighted by Crippen LogP contribution is -2.35. The number of nitrogens with zero attached hydrogens (tertiary/aromatic N) is 2. The van der Waals surface area contributed by atoms with Crippen molar-refractivity contribution in [1.82, 2.24) is 9.88 Å². The van der Waals surface area contributed by atoms with Crippen LogP contribution in [0.25, 0.3) is 0 Å². The van der Waals surface area contributed by atoms with Crippen LogP contribution in [0.5, 0.6) is 0 Å². The first-order valence-corrected chi connectivity index (χ1v) is 3.72. The molecule has 0 bridgehead atoms. The summed E-state index contributed by atoms with van der Waals surface area (Å²) in [4.78, 5) is 16.7. The molecule has 0 fully saturated rings. The number of hydrogen-bond donors (Lipinski definition) is 1. The molecule has 2 amide bonds. The minimum atomic E-state index is -0.0614. The zero-order valence-corrected chi connectivity index (χ0v) is 6.74. The highest BCUT2D eigenvalue weighted by molar-refractivity contribution is 5.91. The molecule has 1 aromatic heterocycles. The van der Waals surface area contributed by atoms with E-state index in [0.29, 0.717) is 6.54 Å². The molecule has 4 nitrogen and oxygen atoms in total. The first-order valence-electron chi connectivity index (χ1n) is 3.72. The molecule has 1 N–H and O–H groups in total. The van der Waals surface area contributed by atoms with Crippen LogP contribution >= 0.6 is 0 Å². The Balaban J connectivity index is 0.000000845. The van der Waals surface area contributed by atoms with E-state index in [1.54, 1.807) is 30.4 Å². The molecular weight excluding hydrogens is 154 g/mol. The first-order chi connectivity index (χ1) is 5.77. The molecule has 0 radical (unpaired) electrons. The molecule has 0 unspecified atom stereocenters. The number of anilines is 1. The zero-order chi connectivity index (χ0) is 8.55. The van der Waals surface area contributed by atoms with Gasteiger partial charge in [-0.2, -0.15) is 0 Å². The maximum atomic E-state index is 11.2. The predicted octanol–water partition coefficient (Wildman–Crippen LogP) is 1.30. The summed E-state index contributed by atoms with van der Waals surface area (Å²) in [6.45, 7) is 0.634. The Bertz CT molecular complexity index is 329. The van der Waals surface area contributed by atoms with E-state index in [4.69, 9.17) is 0 Å². The normalized spacial score (nSPS) is 15.4. The van der Waals surface area contributed by atoms with Gasteiger partial charge in [0.2, 0.25) is 0 Å². The Morgan fingerprint density at radius 2 is 2.58 bits per heavy atom. The van der Waals surface area contributed by atoms with Crippen molar-refractivity contribution in [3.8, 4) is 0 Å². The highest BCUT2D eigenvalue weighted by Gasteiger charge is 2.18. The highest BCUT2D eigenvalue weighted by atomic mass is 16.2. The summed E-state index contributed by atoms with van der Waals surface area (Å²) in [5, 5.41) is 2.76. The number of carbonyl (C=O) groups is 1. The Morgan fingerprint density at radius 3 is 3.42 bits per heavy atom. The molecule has 0 aromatic carbocycles. The molecule has 64 valence electrons. The van der Waals surface area contributed by atoms with E-state index in [2.05, 4.69) is 10.3 Å². The lowest BCUT2D eigenvalue weighted by molar-refractivity contribution is 0.218. The van der Waals surface area contributed by atoms with E-state index in [1.807, 2.05) is 0 Å². The fraction of sp³-hybridized carbons (Fsp3) is 0.250. The predicted molar refractivity (Wildman–Crippen MR) is 46.8 cm³/mol. The first kappa shape index (κ1) is 7.09. The summed E-state index contributed by atoms with van der Waals surface area (Å²) in [5.74, 6) is 0. The summed E-state index contributed by atoms with van der Waals surface area (Å²) in [5.41, 5.74) is 1.92. The maximum absolute atomic E-state index is 11.2. The average molecular weight is 165 g/mol. The second-order valence-corrected chi connectivity index (χ2v) is 2.82. The van der Waals surface area contributed by atoms with E-state index in [0.717, 1.165) is 11.3 Å². The van der Waals surface area contributed by atoms with Crippen molar-refractivity contribution in [2.75, 3.05) is 12.4 Å². The van der Waals surface area contributed by atoms with E-state index in [-0.39, 0.29) is 7.46 Å². The summed E-state index contributed by atoms with van der Waals surface area (Å²) >= 11 is 0.